The number of halogens is 3. The van der Waals surface area contributed by atoms with Gasteiger partial charge in [0, 0.05) is 0 Å². The van der Waals surface area contributed by atoms with E-state index in [0.717, 1.165) is 18.9 Å². The normalized spacial score (nSPS) is 11.6. The molecule has 0 aromatic heterocycles. The van der Waals surface area contributed by atoms with E-state index in [1.165, 1.54) is 22.3 Å². The van der Waals surface area contributed by atoms with E-state index in [4.69, 9.17) is 0 Å². The molecule has 2 aromatic rings. The van der Waals surface area contributed by atoms with E-state index in [0.29, 0.717) is 5.75 Å². The summed E-state index contributed by atoms with van der Waals surface area (Å²) in [6, 6.07) is 15.3. The molecule has 1 N–H and O–H groups in total. The number of aryl methyl sites for hydroxylation is 2. The highest BCUT2D eigenvalue weighted by atomic mass is 80.0. The van der Waals surface area contributed by atoms with E-state index in [-0.39, 0.29) is 0 Å². The molecule has 0 bridgehead atoms. The summed E-state index contributed by atoms with van der Waals surface area (Å²) in [5, 5.41) is 9.77. The number of phenolic OH excluding ortho intramolecular Hbond substituents is 1. The average Bonchev–Trinajstić information content (AvgIpc) is 2.39. The maximum absolute atomic E-state index is 9.77. The van der Waals surface area contributed by atoms with Crippen LogP contribution in [-0.4, -0.2) is 9.04 Å². The Labute approximate surface area is 150 Å². The second-order valence-electron chi connectivity index (χ2n) is 5.18. The van der Waals surface area contributed by atoms with Crippen molar-refractivity contribution in [3.63, 3.8) is 0 Å². The second-order valence-corrected chi connectivity index (χ2v) is 28.7. The molecule has 0 radical (unpaired) electrons. The maximum Gasteiger partial charge on any atom is 0.267 e. The van der Waals surface area contributed by atoms with Crippen LogP contribution < -0.4 is 0 Å². The lowest BCUT2D eigenvalue weighted by atomic mass is 9.96. The summed E-state index contributed by atoms with van der Waals surface area (Å²) >= 11 is 11.0. The van der Waals surface area contributed by atoms with Crippen LogP contribution in [0, 0.1) is 6.92 Å². The van der Waals surface area contributed by atoms with Crippen LogP contribution in [0.5, 0.6) is 5.75 Å². The van der Waals surface area contributed by atoms with Crippen LogP contribution in [0.25, 0.3) is 11.1 Å². The zero-order chi connectivity index (χ0) is 15.5. The zero-order valence-corrected chi connectivity index (χ0v) is 17.5. The number of benzene rings is 2. The Kier molecular flexibility index (Phi) is 6.12. The first kappa shape index (κ1) is 17.3. The summed E-state index contributed by atoms with van der Waals surface area (Å²) in [5.74, 6) is 0.334. The first-order valence-electron chi connectivity index (χ1n) is 6.81. The molecule has 2 rings (SSSR count). The van der Waals surface area contributed by atoms with Crippen molar-refractivity contribution in [1.82, 2.24) is 0 Å². The van der Waals surface area contributed by atoms with Gasteiger partial charge in [0.05, 0.1) is 0 Å². The Hall–Kier alpha value is -0.103. The van der Waals surface area contributed by atoms with Gasteiger partial charge in [-0.1, -0.05) is 81.8 Å². The van der Waals surface area contributed by atoms with Gasteiger partial charge >= 0.3 is 0 Å². The predicted octanol–water partition coefficient (Wildman–Crippen LogP) is 6.42. The van der Waals surface area contributed by atoms with Crippen LogP contribution in [0.2, 0.25) is 6.04 Å². The minimum Gasteiger partial charge on any atom is -0.508 e. The van der Waals surface area contributed by atoms with Crippen molar-refractivity contribution in [2.24, 2.45) is 0 Å². The van der Waals surface area contributed by atoms with Crippen molar-refractivity contribution in [2.75, 3.05) is 0 Å². The van der Waals surface area contributed by atoms with Gasteiger partial charge < -0.3 is 5.11 Å². The second kappa shape index (κ2) is 7.44. The number of aromatic hydroxyl groups is 1. The molecule has 0 spiro atoms. The van der Waals surface area contributed by atoms with Crippen LogP contribution >= 0.6 is 45.9 Å². The van der Waals surface area contributed by atoms with E-state index >= 15 is 0 Å². The number of hydrogen-bond acceptors (Lipinski definition) is 1. The summed E-state index contributed by atoms with van der Waals surface area (Å²) in [7, 11) is 0. The van der Waals surface area contributed by atoms with Gasteiger partial charge in [-0.05, 0) is 54.6 Å². The molecule has 0 heterocycles. The highest BCUT2D eigenvalue weighted by molar-refractivity contribution is 9.72. The molecule has 0 aliphatic rings. The standard InChI is InChI=1S/C16H17Br3OSi/c1-12-4-6-13(7-5-12)16-9-8-15(20)11-14(16)3-2-10-21(17,18)19/h4-9,11,20H,2-3,10H2,1H3. The number of hydrogen-bond donors (Lipinski definition) is 1. The Balaban J connectivity index is 2.23. The molecule has 2 aromatic carbocycles. The van der Waals surface area contributed by atoms with Crippen molar-refractivity contribution in [3.8, 4) is 16.9 Å². The SMILES string of the molecule is Cc1ccc(-c2ccc(O)cc2CCC[Si](Br)(Br)Br)cc1. The van der Waals surface area contributed by atoms with Crippen molar-refractivity contribution >= 4 is 49.8 Å². The largest absolute Gasteiger partial charge is 0.508 e. The molecule has 0 fully saturated rings. The first-order valence-corrected chi connectivity index (χ1v) is 15.8. The van der Waals surface area contributed by atoms with E-state index in [1.54, 1.807) is 6.07 Å². The van der Waals surface area contributed by atoms with E-state index in [9.17, 15) is 5.11 Å². The third kappa shape index (κ3) is 5.55. The van der Waals surface area contributed by atoms with Gasteiger partial charge in [-0.2, -0.15) is 0 Å². The van der Waals surface area contributed by atoms with Crippen LogP contribution in [0.4, 0.5) is 0 Å². The monoisotopic (exact) mass is 490 g/mol. The topological polar surface area (TPSA) is 20.2 Å². The summed E-state index contributed by atoms with van der Waals surface area (Å²) < 4.78 is -1.55. The van der Waals surface area contributed by atoms with E-state index in [2.05, 4.69) is 77.1 Å². The van der Waals surface area contributed by atoms with Gasteiger partial charge in [0.15, 0.2) is 0 Å². The van der Waals surface area contributed by atoms with Gasteiger partial charge in [0.1, 0.15) is 5.75 Å². The third-order valence-electron chi connectivity index (χ3n) is 3.36. The molecule has 0 unspecified atom stereocenters. The van der Waals surface area contributed by atoms with Crippen molar-refractivity contribution in [3.05, 3.63) is 53.6 Å². The fraction of sp³-hybridized carbons (Fsp3) is 0.250. The van der Waals surface area contributed by atoms with Gasteiger partial charge in [-0.25, -0.2) is 0 Å². The summed E-state index contributed by atoms with van der Waals surface area (Å²) in [6.45, 7) is 2.09. The predicted molar refractivity (Wildman–Crippen MR) is 104 cm³/mol. The molecule has 0 aliphatic carbocycles. The van der Waals surface area contributed by atoms with Gasteiger partial charge in [-0.15, -0.1) is 0 Å². The van der Waals surface area contributed by atoms with Crippen molar-refractivity contribution in [2.45, 2.75) is 25.8 Å². The fourth-order valence-electron chi connectivity index (χ4n) is 2.28. The molecule has 112 valence electrons. The zero-order valence-electron chi connectivity index (χ0n) is 11.7. The molecule has 0 atom stereocenters. The van der Waals surface area contributed by atoms with Crippen molar-refractivity contribution in [1.29, 1.82) is 0 Å². The molecular formula is C16H17Br3OSi. The lowest BCUT2D eigenvalue weighted by Crippen LogP contribution is -2.06. The lowest BCUT2D eigenvalue weighted by Gasteiger charge is -2.13. The van der Waals surface area contributed by atoms with Crippen LogP contribution in [-0.2, 0) is 6.42 Å². The van der Waals surface area contributed by atoms with Gasteiger partial charge in [0.2, 0.25) is 0 Å². The van der Waals surface area contributed by atoms with Crippen LogP contribution in [0.3, 0.4) is 0 Å². The summed E-state index contributed by atoms with van der Waals surface area (Å²) in [4.78, 5) is 0. The number of phenols is 1. The third-order valence-corrected chi connectivity index (χ3v) is 7.85. The highest BCUT2D eigenvalue weighted by Gasteiger charge is 2.21. The fourth-order valence-corrected chi connectivity index (χ4v) is 5.38. The number of rotatable bonds is 5. The first-order chi connectivity index (χ1) is 9.85. The van der Waals surface area contributed by atoms with Gasteiger partial charge in [0.25, 0.3) is 3.93 Å². The Morgan fingerprint density at radius 3 is 2.29 bits per heavy atom. The van der Waals surface area contributed by atoms with Crippen LogP contribution in [0.15, 0.2) is 42.5 Å². The van der Waals surface area contributed by atoms with Gasteiger partial charge in [-0.3, -0.25) is 0 Å². The molecule has 5 heteroatoms. The Morgan fingerprint density at radius 2 is 1.67 bits per heavy atom. The maximum atomic E-state index is 9.77. The smallest absolute Gasteiger partial charge is 0.267 e. The molecular weight excluding hydrogens is 476 g/mol. The summed E-state index contributed by atoms with van der Waals surface area (Å²) in [6.07, 6.45) is 2.02. The van der Waals surface area contributed by atoms with Crippen LogP contribution in [0.1, 0.15) is 17.5 Å². The Morgan fingerprint density at radius 1 is 1.00 bits per heavy atom. The van der Waals surface area contributed by atoms with Crippen molar-refractivity contribution < 1.29 is 5.11 Å². The highest BCUT2D eigenvalue weighted by Crippen LogP contribution is 2.35. The molecule has 0 amide bonds. The Bertz CT molecular complexity index is 606. The molecule has 21 heavy (non-hydrogen) atoms. The quantitative estimate of drug-likeness (QED) is 0.377. The molecule has 0 saturated carbocycles. The molecule has 0 aliphatic heterocycles. The average molecular weight is 493 g/mol. The summed E-state index contributed by atoms with van der Waals surface area (Å²) in [5.41, 5.74) is 4.87. The van der Waals surface area contributed by atoms with E-state index in [1.807, 2.05) is 12.1 Å². The van der Waals surface area contributed by atoms with E-state index < -0.39 is 3.93 Å². The lowest BCUT2D eigenvalue weighted by molar-refractivity contribution is 0.474. The minimum absolute atomic E-state index is 0.334. The molecule has 1 nitrogen and oxygen atoms in total. The minimum atomic E-state index is -1.55. The molecule has 0 saturated heterocycles.